The van der Waals surface area contributed by atoms with Crippen molar-refractivity contribution in [3.63, 3.8) is 0 Å². The molecular weight excluding hydrogens is 424 g/mol. The smallest absolute Gasteiger partial charge is 0.270 e. The van der Waals surface area contributed by atoms with Crippen LogP contribution in [-0.4, -0.2) is 41.2 Å². The summed E-state index contributed by atoms with van der Waals surface area (Å²) in [5.41, 5.74) is 1.70. The van der Waals surface area contributed by atoms with Gasteiger partial charge < -0.3 is 0 Å². The van der Waals surface area contributed by atoms with Crippen molar-refractivity contribution in [1.82, 2.24) is 19.8 Å². The normalized spacial score (nSPS) is 10.8. The van der Waals surface area contributed by atoms with Gasteiger partial charge in [-0.1, -0.05) is 23.9 Å². The third kappa shape index (κ3) is 4.23. The number of rotatable bonds is 7. The van der Waals surface area contributed by atoms with E-state index in [0.29, 0.717) is 27.6 Å². The van der Waals surface area contributed by atoms with E-state index in [9.17, 15) is 25.0 Å². The van der Waals surface area contributed by atoms with Gasteiger partial charge in [0.05, 0.1) is 21.3 Å². The van der Waals surface area contributed by atoms with Gasteiger partial charge in [0.1, 0.15) is 0 Å². The van der Waals surface area contributed by atoms with Crippen LogP contribution in [0.15, 0.2) is 65.8 Å². The summed E-state index contributed by atoms with van der Waals surface area (Å²) in [6, 6.07) is 14.8. The third-order valence-corrected chi connectivity index (χ3v) is 5.24. The predicted octanol–water partition coefficient (Wildman–Crippen LogP) is 3.58. The molecule has 0 aliphatic heterocycles. The Morgan fingerprint density at radius 1 is 0.935 bits per heavy atom. The number of carbonyl (C=O) groups excluding carboxylic acids is 1. The number of fused-ring (bicyclic) bond motifs is 1. The molecule has 4 rings (SSSR count). The summed E-state index contributed by atoms with van der Waals surface area (Å²) in [6.45, 7) is 0. The molecule has 0 saturated carbocycles. The van der Waals surface area contributed by atoms with Gasteiger partial charge >= 0.3 is 0 Å². The second-order valence-electron chi connectivity index (χ2n) is 6.29. The van der Waals surface area contributed by atoms with E-state index in [-0.39, 0.29) is 22.9 Å². The largest absolute Gasteiger partial charge is 0.293 e. The number of hydrogen-bond acceptors (Lipinski definition) is 9. The molecular formula is C19H12N6O5S. The summed E-state index contributed by atoms with van der Waals surface area (Å²) < 4.78 is 1.46. The van der Waals surface area contributed by atoms with Crippen molar-refractivity contribution in [2.24, 2.45) is 0 Å². The number of thioether (sulfide) groups is 1. The van der Waals surface area contributed by atoms with Crippen LogP contribution in [0, 0.1) is 20.2 Å². The van der Waals surface area contributed by atoms with Crippen LogP contribution < -0.4 is 0 Å². The van der Waals surface area contributed by atoms with Crippen LogP contribution in [0.4, 0.5) is 11.4 Å². The zero-order chi connectivity index (χ0) is 22.0. The van der Waals surface area contributed by atoms with Crippen LogP contribution in [0.1, 0.15) is 10.4 Å². The van der Waals surface area contributed by atoms with Crippen molar-refractivity contribution < 1.29 is 14.6 Å². The Morgan fingerprint density at radius 2 is 1.68 bits per heavy atom. The Morgan fingerprint density at radius 3 is 2.39 bits per heavy atom. The molecule has 0 amide bonds. The molecule has 2 aromatic carbocycles. The Bertz CT molecular complexity index is 1320. The lowest BCUT2D eigenvalue weighted by Gasteiger charge is -2.03. The van der Waals surface area contributed by atoms with Crippen LogP contribution in [0.5, 0.6) is 0 Å². The Kier molecular flexibility index (Phi) is 5.37. The molecule has 2 heterocycles. The Balaban J connectivity index is 1.55. The second kappa shape index (κ2) is 8.28. The molecule has 0 radical (unpaired) electrons. The molecule has 0 atom stereocenters. The average molecular weight is 436 g/mol. The molecule has 2 aromatic heterocycles. The van der Waals surface area contributed by atoms with Crippen LogP contribution in [-0.2, 0) is 0 Å². The summed E-state index contributed by atoms with van der Waals surface area (Å²) in [5.74, 6) is -0.201. The molecule has 0 N–H and O–H groups in total. The van der Waals surface area contributed by atoms with Gasteiger partial charge in [-0.15, -0.1) is 10.2 Å². The fourth-order valence-corrected chi connectivity index (χ4v) is 3.56. The standard InChI is InChI=1S/C19H12N6O5S/c26-17(12-4-6-14(7-5-12)24(27)28)11-31-19-21-20-18-9-8-16(22-23(18)19)13-2-1-3-15(10-13)25(29)30/h1-10H,11H2. The first-order valence-electron chi connectivity index (χ1n) is 8.80. The third-order valence-electron chi connectivity index (χ3n) is 4.32. The maximum absolute atomic E-state index is 12.4. The topological polar surface area (TPSA) is 146 Å². The Hall–Kier alpha value is -4.19. The summed E-state index contributed by atoms with van der Waals surface area (Å²) in [7, 11) is 0. The van der Waals surface area contributed by atoms with Crippen molar-refractivity contribution >= 4 is 34.6 Å². The minimum Gasteiger partial charge on any atom is -0.293 e. The first-order valence-corrected chi connectivity index (χ1v) is 9.79. The van der Waals surface area contributed by atoms with Crippen LogP contribution in [0.3, 0.4) is 0 Å². The maximum Gasteiger partial charge on any atom is 0.270 e. The van der Waals surface area contributed by atoms with Gasteiger partial charge in [-0.3, -0.25) is 25.0 Å². The van der Waals surface area contributed by atoms with Crippen molar-refractivity contribution in [1.29, 1.82) is 0 Å². The lowest BCUT2D eigenvalue weighted by molar-refractivity contribution is -0.385. The number of aromatic nitrogens is 4. The van der Waals surface area contributed by atoms with Crippen molar-refractivity contribution in [3.8, 4) is 11.3 Å². The first-order chi connectivity index (χ1) is 14.9. The number of ketones is 1. The average Bonchev–Trinajstić information content (AvgIpc) is 3.19. The molecule has 12 heteroatoms. The predicted molar refractivity (Wildman–Crippen MR) is 111 cm³/mol. The molecule has 0 aliphatic carbocycles. The van der Waals surface area contributed by atoms with Crippen LogP contribution >= 0.6 is 11.8 Å². The summed E-state index contributed by atoms with van der Waals surface area (Å²) in [4.78, 5) is 33.1. The molecule has 31 heavy (non-hydrogen) atoms. The first kappa shape index (κ1) is 20.1. The van der Waals surface area contributed by atoms with E-state index >= 15 is 0 Å². The van der Waals surface area contributed by atoms with Gasteiger partial charge in [-0.05, 0) is 24.3 Å². The lowest BCUT2D eigenvalue weighted by atomic mass is 10.1. The van der Waals surface area contributed by atoms with E-state index in [2.05, 4.69) is 15.3 Å². The van der Waals surface area contributed by atoms with Gasteiger partial charge in [0, 0.05) is 35.4 Å². The number of carbonyl (C=O) groups is 1. The van der Waals surface area contributed by atoms with Gasteiger partial charge in [0.2, 0.25) is 5.16 Å². The molecule has 0 saturated heterocycles. The van der Waals surface area contributed by atoms with E-state index in [1.54, 1.807) is 24.3 Å². The number of Topliss-reactive ketones (excluding diaryl/α,β-unsaturated/α-hetero) is 1. The molecule has 11 nitrogen and oxygen atoms in total. The van der Waals surface area contributed by atoms with Gasteiger partial charge in [-0.2, -0.15) is 9.61 Å². The highest BCUT2D eigenvalue weighted by Crippen LogP contribution is 2.24. The molecule has 0 aliphatic rings. The molecule has 0 unspecified atom stereocenters. The quantitative estimate of drug-likeness (QED) is 0.183. The van der Waals surface area contributed by atoms with Crippen LogP contribution in [0.25, 0.3) is 16.9 Å². The highest BCUT2D eigenvalue weighted by Gasteiger charge is 2.15. The number of nitro groups is 2. The molecule has 4 aromatic rings. The van der Waals surface area contributed by atoms with E-state index in [1.165, 1.54) is 40.9 Å². The van der Waals surface area contributed by atoms with Gasteiger partial charge in [0.15, 0.2) is 11.4 Å². The number of non-ortho nitro benzene ring substituents is 2. The van der Waals surface area contributed by atoms with E-state index in [4.69, 9.17) is 0 Å². The highest BCUT2D eigenvalue weighted by molar-refractivity contribution is 7.99. The minimum atomic E-state index is -0.532. The number of nitro benzene ring substituents is 2. The fraction of sp³-hybridized carbons (Fsp3) is 0.0526. The zero-order valence-electron chi connectivity index (χ0n) is 15.6. The van der Waals surface area contributed by atoms with Crippen LogP contribution in [0.2, 0.25) is 0 Å². The lowest BCUT2D eigenvalue weighted by Crippen LogP contribution is -2.04. The van der Waals surface area contributed by atoms with E-state index < -0.39 is 9.85 Å². The second-order valence-corrected chi connectivity index (χ2v) is 7.24. The molecule has 0 spiro atoms. The minimum absolute atomic E-state index is 0.0291. The Labute approximate surface area is 178 Å². The summed E-state index contributed by atoms with van der Waals surface area (Å²) in [6.07, 6.45) is 0. The summed E-state index contributed by atoms with van der Waals surface area (Å²) in [5, 5.41) is 34.6. The SMILES string of the molecule is O=C(CSc1nnc2ccc(-c3cccc([N+](=O)[O-])c3)nn12)c1ccc([N+](=O)[O-])cc1. The van der Waals surface area contributed by atoms with Gasteiger partial charge in [0.25, 0.3) is 11.4 Å². The fourth-order valence-electron chi connectivity index (χ4n) is 2.77. The molecule has 0 bridgehead atoms. The van der Waals surface area contributed by atoms with E-state index in [0.717, 1.165) is 11.8 Å². The zero-order valence-corrected chi connectivity index (χ0v) is 16.4. The molecule has 0 fully saturated rings. The van der Waals surface area contributed by atoms with E-state index in [1.807, 2.05) is 0 Å². The maximum atomic E-state index is 12.4. The number of hydrogen-bond donors (Lipinski definition) is 0. The number of benzene rings is 2. The molecule has 154 valence electrons. The van der Waals surface area contributed by atoms with Crippen molar-refractivity contribution in [2.45, 2.75) is 5.16 Å². The van der Waals surface area contributed by atoms with Crippen molar-refractivity contribution in [3.05, 3.63) is 86.5 Å². The van der Waals surface area contributed by atoms with Crippen molar-refractivity contribution in [2.75, 3.05) is 5.75 Å². The highest BCUT2D eigenvalue weighted by atomic mass is 32.2. The monoisotopic (exact) mass is 436 g/mol. The number of nitrogens with zero attached hydrogens (tertiary/aromatic N) is 6. The summed E-state index contributed by atoms with van der Waals surface area (Å²) >= 11 is 1.12. The van der Waals surface area contributed by atoms with Gasteiger partial charge in [-0.25, -0.2) is 0 Å².